The van der Waals surface area contributed by atoms with E-state index in [0.29, 0.717) is 12.5 Å². The van der Waals surface area contributed by atoms with Crippen LogP contribution in [0.4, 0.5) is 11.4 Å². The van der Waals surface area contributed by atoms with Gasteiger partial charge in [-0.2, -0.15) is 0 Å². The Morgan fingerprint density at radius 2 is 1.96 bits per heavy atom. The van der Waals surface area contributed by atoms with Gasteiger partial charge in [-0.3, -0.25) is 9.59 Å². The predicted octanol–water partition coefficient (Wildman–Crippen LogP) is 4.68. The Morgan fingerprint density at radius 3 is 2.79 bits per heavy atom. The molecular formula is C24H28N2O2. The van der Waals surface area contributed by atoms with Crippen molar-refractivity contribution in [2.75, 3.05) is 16.8 Å². The van der Waals surface area contributed by atoms with E-state index in [9.17, 15) is 9.59 Å². The highest BCUT2D eigenvalue weighted by atomic mass is 16.2. The van der Waals surface area contributed by atoms with Crippen molar-refractivity contribution >= 4 is 23.2 Å². The molecule has 1 N–H and O–H groups in total. The lowest BCUT2D eigenvalue weighted by Gasteiger charge is -2.23. The molecule has 0 aromatic heterocycles. The van der Waals surface area contributed by atoms with Crippen LogP contribution < -0.4 is 10.2 Å². The largest absolute Gasteiger partial charge is 0.326 e. The monoisotopic (exact) mass is 376 g/mol. The summed E-state index contributed by atoms with van der Waals surface area (Å²) in [6.45, 7) is 4.78. The molecule has 0 spiro atoms. The van der Waals surface area contributed by atoms with Crippen molar-refractivity contribution in [2.24, 2.45) is 5.92 Å². The van der Waals surface area contributed by atoms with Gasteiger partial charge in [0.1, 0.15) is 0 Å². The van der Waals surface area contributed by atoms with Crippen molar-refractivity contribution in [3.63, 3.8) is 0 Å². The molecule has 28 heavy (non-hydrogen) atoms. The van der Waals surface area contributed by atoms with E-state index in [4.69, 9.17) is 0 Å². The molecule has 2 atom stereocenters. The maximum atomic E-state index is 12.8. The Labute approximate surface area is 166 Å². The highest BCUT2D eigenvalue weighted by Gasteiger charge is 2.36. The average molecular weight is 377 g/mol. The number of fused-ring (bicyclic) bond motifs is 1. The Balaban J connectivity index is 1.48. The van der Waals surface area contributed by atoms with Crippen LogP contribution in [0, 0.1) is 5.92 Å². The lowest BCUT2D eigenvalue weighted by molar-refractivity contribution is -0.122. The van der Waals surface area contributed by atoms with Crippen LogP contribution >= 0.6 is 0 Å². The first-order chi connectivity index (χ1) is 13.6. The summed E-state index contributed by atoms with van der Waals surface area (Å²) in [7, 11) is 0. The maximum Gasteiger partial charge on any atom is 0.229 e. The minimum atomic E-state index is -0.314. The number of rotatable bonds is 5. The van der Waals surface area contributed by atoms with E-state index in [0.717, 1.165) is 30.6 Å². The van der Waals surface area contributed by atoms with E-state index in [1.165, 1.54) is 23.1 Å². The van der Waals surface area contributed by atoms with Gasteiger partial charge in [0, 0.05) is 24.3 Å². The molecule has 0 saturated carbocycles. The number of aryl methyl sites for hydroxylation is 2. The molecule has 146 valence electrons. The third-order valence-corrected chi connectivity index (χ3v) is 6.23. The van der Waals surface area contributed by atoms with Crippen LogP contribution in [0.15, 0.2) is 42.5 Å². The molecular weight excluding hydrogens is 348 g/mol. The summed E-state index contributed by atoms with van der Waals surface area (Å²) in [5, 5.41) is 3.04. The van der Waals surface area contributed by atoms with Crippen LogP contribution in [-0.4, -0.2) is 18.4 Å². The fourth-order valence-corrected chi connectivity index (χ4v) is 4.38. The average Bonchev–Trinajstić information content (AvgIpc) is 3.33. The van der Waals surface area contributed by atoms with Gasteiger partial charge in [0.05, 0.1) is 5.92 Å². The molecule has 0 radical (unpaired) electrons. The molecule has 4 heteroatoms. The van der Waals surface area contributed by atoms with Gasteiger partial charge < -0.3 is 10.2 Å². The Morgan fingerprint density at radius 1 is 1.18 bits per heavy atom. The van der Waals surface area contributed by atoms with Gasteiger partial charge >= 0.3 is 0 Å². The van der Waals surface area contributed by atoms with Crippen LogP contribution in [0.25, 0.3) is 0 Å². The van der Waals surface area contributed by atoms with Crippen LogP contribution in [0.5, 0.6) is 0 Å². The van der Waals surface area contributed by atoms with Gasteiger partial charge in [-0.15, -0.1) is 0 Å². The third kappa shape index (κ3) is 3.56. The fourth-order valence-electron chi connectivity index (χ4n) is 4.38. The highest BCUT2D eigenvalue weighted by molar-refractivity contribution is 6.04. The zero-order valence-electron chi connectivity index (χ0n) is 16.7. The normalized spacial score (nSPS) is 19.6. The quantitative estimate of drug-likeness (QED) is 0.824. The zero-order chi connectivity index (χ0) is 19.7. The zero-order valence-corrected chi connectivity index (χ0v) is 16.7. The van der Waals surface area contributed by atoms with E-state index in [1.54, 1.807) is 4.90 Å². The number of carbonyl (C=O) groups is 2. The number of benzene rings is 2. The van der Waals surface area contributed by atoms with Crippen LogP contribution in [0.3, 0.4) is 0 Å². The number of amides is 2. The van der Waals surface area contributed by atoms with Crippen LogP contribution in [-0.2, 0) is 22.4 Å². The van der Waals surface area contributed by atoms with Gasteiger partial charge in [0.25, 0.3) is 0 Å². The molecule has 2 aliphatic rings. The molecule has 1 aliphatic carbocycles. The van der Waals surface area contributed by atoms with Gasteiger partial charge in [-0.25, -0.2) is 0 Å². The number of carbonyl (C=O) groups excluding carboxylic acids is 2. The number of para-hydroxylation sites is 1. The fraction of sp³-hybridized carbons (Fsp3) is 0.417. The molecule has 1 aliphatic heterocycles. The van der Waals surface area contributed by atoms with Gasteiger partial charge in [-0.05, 0) is 66.5 Å². The third-order valence-electron chi connectivity index (χ3n) is 6.23. The van der Waals surface area contributed by atoms with E-state index in [1.807, 2.05) is 24.3 Å². The lowest BCUT2D eigenvalue weighted by atomic mass is 9.96. The SMILES string of the molecule is CC[C@H](C)c1ccccc1N1C[C@H](C(=O)Nc2ccc3c(c2)CCC3)CC1=O. The van der Waals surface area contributed by atoms with Crippen molar-refractivity contribution < 1.29 is 9.59 Å². The first kappa shape index (κ1) is 18.7. The highest BCUT2D eigenvalue weighted by Crippen LogP contribution is 2.34. The van der Waals surface area contributed by atoms with E-state index >= 15 is 0 Å². The maximum absolute atomic E-state index is 12.8. The molecule has 2 aromatic rings. The van der Waals surface area contributed by atoms with Crippen molar-refractivity contribution in [3.05, 3.63) is 59.2 Å². The van der Waals surface area contributed by atoms with Crippen LogP contribution in [0.1, 0.15) is 55.7 Å². The topological polar surface area (TPSA) is 49.4 Å². The van der Waals surface area contributed by atoms with Gasteiger partial charge in [-0.1, -0.05) is 38.1 Å². The van der Waals surface area contributed by atoms with Crippen LogP contribution in [0.2, 0.25) is 0 Å². The number of anilines is 2. The summed E-state index contributed by atoms with van der Waals surface area (Å²) in [4.78, 5) is 27.3. The number of hydrogen-bond donors (Lipinski definition) is 1. The summed E-state index contributed by atoms with van der Waals surface area (Å²) in [5.41, 5.74) is 5.70. The Bertz CT molecular complexity index is 905. The molecule has 0 bridgehead atoms. The van der Waals surface area contributed by atoms with E-state index in [2.05, 4.69) is 37.4 Å². The summed E-state index contributed by atoms with van der Waals surface area (Å²) >= 11 is 0. The standard InChI is InChI=1S/C24H28N2O2/c1-3-16(2)21-9-4-5-10-22(21)26-15-19(14-23(26)27)24(28)25-20-12-11-17-7-6-8-18(17)13-20/h4-5,9-13,16,19H,3,6-8,14-15H2,1-2H3,(H,25,28)/t16-,19+/m0/s1. The molecule has 1 saturated heterocycles. The van der Waals surface area contributed by atoms with E-state index in [-0.39, 0.29) is 24.2 Å². The molecule has 2 aromatic carbocycles. The summed E-state index contributed by atoms with van der Waals surface area (Å²) < 4.78 is 0. The predicted molar refractivity (Wildman–Crippen MR) is 113 cm³/mol. The van der Waals surface area contributed by atoms with Crippen molar-refractivity contribution in [3.8, 4) is 0 Å². The lowest BCUT2D eigenvalue weighted by Crippen LogP contribution is -2.29. The number of hydrogen-bond acceptors (Lipinski definition) is 2. The van der Waals surface area contributed by atoms with E-state index < -0.39 is 0 Å². The Kier molecular flexibility index (Phi) is 5.21. The molecule has 4 nitrogen and oxygen atoms in total. The molecule has 0 unspecified atom stereocenters. The summed E-state index contributed by atoms with van der Waals surface area (Å²) in [5.74, 6) is 0.0358. The number of nitrogens with one attached hydrogen (secondary N) is 1. The smallest absolute Gasteiger partial charge is 0.229 e. The first-order valence-corrected chi connectivity index (χ1v) is 10.4. The second-order valence-electron chi connectivity index (χ2n) is 8.10. The van der Waals surface area contributed by atoms with Crippen molar-refractivity contribution in [1.82, 2.24) is 0 Å². The minimum Gasteiger partial charge on any atom is -0.326 e. The minimum absolute atomic E-state index is 0.0323. The molecule has 1 fully saturated rings. The molecule has 4 rings (SSSR count). The van der Waals surface area contributed by atoms with Gasteiger partial charge in [0.2, 0.25) is 11.8 Å². The first-order valence-electron chi connectivity index (χ1n) is 10.4. The number of nitrogens with zero attached hydrogens (tertiary/aromatic N) is 1. The van der Waals surface area contributed by atoms with Gasteiger partial charge in [0.15, 0.2) is 0 Å². The second-order valence-corrected chi connectivity index (χ2v) is 8.10. The second kappa shape index (κ2) is 7.78. The van der Waals surface area contributed by atoms with Crippen molar-refractivity contribution in [2.45, 2.75) is 51.9 Å². The molecule has 2 amide bonds. The Hall–Kier alpha value is -2.62. The summed E-state index contributed by atoms with van der Waals surface area (Å²) in [6.07, 6.45) is 4.69. The molecule has 1 heterocycles. The summed E-state index contributed by atoms with van der Waals surface area (Å²) in [6, 6.07) is 14.3. The van der Waals surface area contributed by atoms with Crippen molar-refractivity contribution in [1.29, 1.82) is 0 Å².